The summed E-state index contributed by atoms with van der Waals surface area (Å²) in [5, 5.41) is 9.20. The number of ether oxygens (including phenoxy) is 2. The molecule has 0 unspecified atom stereocenters. The molecule has 0 aromatic heterocycles. The van der Waals surface area contributed by atoms with E-state index in [1.165, 1.54) is 0 Å². The average Bonchev–Trinajstić information content (AvgIpc) is 3.16. The summed E-state index contributed by atoms with van der Waals surface area (Å²) in [5.74, 6) is 1.07. The molecule has 20 heavy (non-hydrogen) atoms. The highest BCUT2D eigenvalue weighted by Gasteiger charge is 2.49. The van der Waals surface area contributed by atoms with Crippen molar-refractivity contribution in [3.8, 4) is 11.5 Å². The highest BCUT2D eigenvalue weighted by Crippen LogP contribution is 2.57. The smallest absolute Gasteiger partial charge is 0.304 e. The van der Waals surface area contributed by atoms with E-state index in [9.17, 15) is 9.90 Å². The molecular formula is C16H22O4. The zero-order valence-corrected chi connectivity index (χ0v) is 12.5. The van der Waals surface area contributed by atoms with Crippen LogP contribution in [-0.2, 0) is 10.2 Å². The number of hydrogen-bond donors (Lipinski definition) is 1. The van der Waals surface area contributed by atoms with Gasteiger partial charge in [-0.2, -0.15) is 0 Å². The summed E-state index contributed by atoms with van der Waals surface area (Å²) in [4.78, 5) is 11.2. The van der Waals surface area contributed by atoms with Gasteiger partial charge in [-0.05, 0) is 30.9 Å². The molecule has 0 radical (unpaired) electrons. The standard InChI is InChI=1S/C16H22O4/c1-10(2)14-11(19-3)5-6-12(20-4)15(14)16(7-8-16)9-13(17)18/h5-6,10H,7-9H2,1-4H3,(H,17,18). The molecule has 110 valence electrons. The van der Waals surface area contributed by atoms with Crippen molar-refractivity contribution in [2.75, 3.05) is 14.2 Å². The average molecular weight is 278 g/mol. The lowest BCUT2D eigenvalue weighted by Gasteiger charge is -2.25. The van der Waals surface area contributed by atoms with E-state index in [0.717, 1.165) is 35.5 Å². The highest BCUT2D eigenvalue weighted by atomic mass is 16.5. The van der Waals surface area contributed by atoms with Gasteiger partial charge in [-0.25, -0.2) is 0 Å². The summed E-state index contributed by atoms with van der Waals surface area (Å²) in [6.45, 7) is 4.19. The molecule has 0 amide bonds. The Balaban J connectivity index is 2.62. The largest absolute Gasteiger partial charge is 0.496 e. The van der Waals surface area contributed by atoms with E-state index in [0.29, 0.717) is 0 Å². The Kier molecular flexibility index (Phi) is 3.93. The van der Waals surface area contributed by atoms with Gasteiger partial charge in [-0.15, -0.1) is 0 Å². The predicted octanol–water partition coefficient (Wildman–Crippen LogP) is 3.33. The van der Waals surface area contributed by atoms with Gasteiger partial charge in [-0.3, -0.25) is 4.79 Å². The van der Waals surface area contributed by atoms with Crippen LogP contribution >= 0.6 is 0 Å². The van der Waals surface area contributed by atoms with E-state index >= 15 is 0 Å². The summed E-state index contributed by atoms with van der Waals surface area (Å²) < 4.78 is 11.0. The molecule has 0 bridgehead atoms. The predicted molar refractivity (Wildman–Crippen MR) is 76.8 cm³/mol. The maximum absolute atomic E-state index is 11.2. The number of benzene rings is 1. The van der Waals surface area contributed by atoms with Crippen LogP contribution in [0.4, 0.5) is 0 Å². The van der Waals surface area contributed by atoms with Crippen LogP contribution in [-0.4, -0.2) is 25.3 Å². The Hall–Kier alpha value is -1.71. The molecule has 0 heterocycles. The lowest BCUT2D eigenvalue weighted by molar-refractivity contribution is -0.137. The van der Waals surface area contributed by atoms with Gasteiger partial charge in [-0.1, -0.05) is 13.8 Å². The van der Waals surface area contributed by atoms with Gasteiger partial charge in [0.05, 0.1) is 20.6 Å². The van der Waals surface area contributed by atoms with Gasteiger partial charge in [0.1, 0.15) is 11.5 Å². The highest BCUT2D eigenvalue weighted by molar-refractivity contribution is 5.71. The molecule has 1 aliphatic carbocycles. The van der Waals surface area contributed by atoms with Crippen LogP contribution in [0, 0.1) is 0 Å². The molecule has 0 aliphatic heterocycles. The molecule has 2 rings (SSSR count). The third-order valence-electron chi connectivity index (χ3n) is 4.06. The van der Waals surface area contributed by atoms with E-state index in [1.807, 2.05) is 12.1 Å². The summed E-state index contributed by atoms with van der Waals surface area (Å²) in [5.41, 5.74) is 1.81. The van der Waals surface area contributed by atoms with Crippen LogP contribution in [0.2, 0.25) is 0 Å². The van der Waals surface area contributed by atoms with Gasteiger partial charge in [0.2, 0.25) is 0 Å². The van der Waals surface area contributed by atoms with E-state index in [-0.39, 0.29) is 17.8 Å². The lowest BCUT2D eigenvalue weighted by atomic mass is 9.83. The van der Waals surface area contributed by atoms with Crippen LogP contribution in [0.25, 0.3) is 0 Å². The maximum atomic E-state index is 11.2. The number of methoxy groups -OCH3 is 2. The minimum absolute atomic E-state index is 0.149. The fraction of sp³-hybridized carbons (Fsp3) is 0.562. The van der Waals surface area contributed by atoms with E-state index < -0.39 is 5.97 Å². The maximum Gasteiger partial charge on any atom is 0.304 e. The van der Waals surface area contributed by atoms with Crippen molar-refractivity contribution in [3.05, 3.63) is 23.3 Å². The first kappa shape index (κ1) is 14.7. The SMILES string of the molecule is COc1ccc(OC)c(C2(CC(=O)O)CC2)c1C(C)C. The minimum Gasteiger partial charge on any atom is -0.496 e. The number of carbonyl (C=O) groups is 1. The Morgan fingerprint density at radius 3 is 2.20 bits per heavy atom. The molecule has 0 spiro atoms. The Bertz CT molecular complexity index is 515. The quantitative estimate of drug-likeness (QED) is 0.867. The Morgan fingerprint density at radius 1 is 1.25 bits per heavy atom. The van der Waals surface area contributed by atoms with Crippen LogP contribution < -0.4 is 9.47 Å². The Morgan fingerprint density at radius 2 is 1.80 bits per heavy atom. The van der Waals surface area contributed by atoms with Crippen molar-refractivity contribution in [1.82, 2.24) is 0 Å². The molecular weight excluding hydrogens is 256 g/mol. The number of carboxylic acids is 1. The normalized spacial score (nSPS) is 16.1. The third kappa shape index (κ3) is 2.47. The monoisotopic (exact) mass is 278 g/mol. The van der Waals surface area contributed by atoms with Gasteiger partial charge in [0, 0.05) is 16.5 Å². The zero-order valence-electron chi connectivity index (χ0n) is 12.5. The van der Waals surface area contributed by atoms with Crippen LogP contribution in [0.5, 0.6) is 11.5 Å². The molecule has 1 aliphatic rings. The molecule has 1 saturated carbocycles. The van der Waals surface area contributed by atoms with E-state index in [4.69, 9.17) is 9.47 Å². The fourth-order valence-electron chi connectivity index (χ4n) is 3.00. The molecule has 0 atom stereocenters. The van der Waals surface area contributed by atoms with Crippen LogP contribution in [0.15, 0.2) is 12.1 Å². The van der Waals surface area contributed by atoms with Gasteiger partial charge in [0.15, 0.2) is 0 Å². The van der Waals surface area contributed by atoms with Gasteiger partial charge in [0.25, 0.3) is 0 Å². The van der Waals surface area contributed by atoms with Crippen molar-refractivity contribution in [1.29, 1.82) is 0 Å². The molecule has 0 saturated heterocycles. The summed E-state index contributed by atoms with van der Waals surface area (Å²) >= 11 is 0. The molecule has 4 nitrogen and oxygen atoms in total. The van der Waals surface area contributed by atoms with Crippen molar-refractivity contribution >= 4 is 5.97 Å². The van der Waals surface area contributed by atoms with Gasteiger partial charge >= 0.3 is 5.97 Å². The van der Waals surface area contributed by atoms with Crippen molar-refractivity contribution in [2.24, 2.45) is 0 Å². The summed E-state index contributed by atoms with van der Waals surface area (Å²) in [6.07, 6.45) is 1.93. The lowest BCUT2D eigenvalue weighted by Crippen LogP contribution is -2.17. The molecule has 1 aromatic rings. The molecule has 4 heteroatoms. The second kappa shape index (κ2) is 5.35. The molecule has 1 fully saturated rings. The Labute approximate surface area is 119 Å². The van der Waals surface area contributed by atoms with Crippen molar-refractivity contribution in [2.45, 2.75) is 44.4 Å². The van der Waals surface area contributed by atoms with Crippen LogP contribution in [0.3, 0.4) is 0 Å². The van der Waals surface area contributed by atoms with E-state index in [2.05, 4.69) is 13.8 Å². The number of carboxylic acid groups (broad SMARTS) is 1. The molecule has 1 aromatic carbocycles. The first-order valence-corrected chi connectivity index (χ1v) is 6.92. The van der Waals surface area contributed by atoms with E-state index in [1.54, 1.807) is 14.2 Å². The summed E-state index contributed by atoms with van der Waals surface area (Å²) in [7, 11) is 3.28. The number of hydrogen-bond acceptors (Lipinski definition) is 3. The number of aliphatic carboxylic acids is 1. The zero-order chi connectivity index (χ0) is 14.9. The second-order valence-corrected chi connectivity index (χ2v) is 5.76. The summed E-state index contributed by atoms with van der Waals surface area (Å²) in [6, 6.07) is 3.77. The van der Waals surface area contributed by atoms with Crippen molar-refractivity contribution < 1.29 is 19.4 Å². The molecule has 1 N–H and O–H groups in total. The topological polar surface area (TPSA) is 55.8 Å². The third-order valence-corrected chi connectivity index (χ3v) is 4.06. The second-order valence-electron chi connectivity index (χ2n) is 5.76. The van der Waals surface area contributed by atoms with Crippen LogP contribution in [0.1, 0.15) is 50.2 Å². The first-order chi connectivity index (χ1) is 9.45. The minimum atomic E-state index is -0.762. The fourth-order valence-corrected chi connectivity index (χ4v) is 3.00. The first-order valence-electron chi connectivity index (χ1n) is 6.92. The number of rotatable bonds is 6. The van der Waals surface area contributed by atoms with Crippen molar-refractivity contribution in [3.63, 3.8) is 0 Å². The van der Waals surface area contributed by atoms with Gasteiger partial charge < -0.3 is 14.6 Å².